The molecule has 0 fully saturated rings. The first-order valence-electron chi connectivity index (χ1n) is 5.01. The Morgan fingerprint density at radius 3 is 2.67 bits per heavy atom. The summed E-state index contributed by atoms with van der Waals surface area (Å²) in [5.74, 6) is 0.622. The number of hydrogen-bond donors (Lipinski definition) is 0. The van der Waals surface area contributed by atoms with Crippen molar-refractivity contribution in [2.45, 2.75) is 0 Å². The molecule has 0 radical (unpaired) electrons. The first-order chi connectivity index (χ1) is 8.63. The smallest absolute Gasteiger partial charge is 0.162 e. The molecule has 0 bridgehead atoms. The Kier molecular flexibility index (Phi) is 3.28. The monoisotopic (exact) mass is 358 g/mol. The molecule has 0 aliphatic heterocycles. The van der Waals surface area contributed by atoms with Crippen molar-refractivity contribution >= 4 is 61.4 Å². The van der Waals surface area contributed by atoms with Crippen LogP contribution < -0.4 is 0 Å². The Morgan fingerprint density at radius 2 is 1.94 bits per heavy atom. The summed E-state index contributed by atoms with van der Waals surface area (Å²) < 4.78 is 1.04. The van der Waals surface area contributed by atoms with Gasteiger partial charge in [0.25, 0.3) is 0 Å². The Hall–Kier alpha value is -0.680. The minimum Gasteiger partial charge on any atom is -0.228 e. The van der Waals surface area contributed by atoms with Crippen LogP contribution >= 0.6 is 50.5 Å². The highest BCUT2D eigenvalue weighted by molar-refractivity contribution is 9.11. The molecule has 6 heteroatoms. The maximum absolute atomic E-state index is 6.17. The number of aromatic nitrogens is 2. The third kappa shape index (κ3) is 2.26. The highest BCUT2D eigenvalue weighted by Crippen LogP contribution is 2.30. The Labute approximate surface area is 126 Å². The summed E-state index contributed by atoms with van der Waals surface area (Å²) in [5.41, 5.74) is 1.74. The van der Waals surface area contributed by atoms with Crippen LogP contribution in [0.5, 0.6) is 0 Å². The average molecular weight is 360 g/mol. The van der Waals surface area contributed by atoms with E-state index in [4.69, 9.17) is 23.2 Å². The molecule has 0 amide bonds. The van der Waals surface area contributed by atoms with Crippen molar-refractivity contribution in [2.24, 2.45) is 0 Å². The van der Waals surface area contributed by atoms with E-state index in [-0.39, 0.29) is 0 Å². The molecular formula is C12H5BrCl2N2S. The quantitative estimate of drug-likeness (QED) is 0.541. The number of nitrogens with zero attached hydrogens (tertiary/aromatic N) is 2. The third-order valence-electron chi connectivity index (χ3n) is 2.44. The van der Waals surface area contributed by atoms with Crippen molar-refractivity contribution in [2.75, 3.05) is 0 Å². The number of benzene rings is 1. The van der Waals surface area contributed by atoms with Gasteiger partial charge in [-0.2, -0.15) is 0 Å². The minimum absolute atomic E-state index is 0.417. The maximum Gasteiger partial charge on any atom is 0.162 e. The zero-order chi connectivity index (χ0) is 12.7. The van der Waals surface area contributed by atoms with E-state index in [1.807, 2.05) is 17.5 Å². The van der Waals surface area contributed by atoms with Crippen LogP contribution in [-0.2, 0) is 0 Å². The highest BCUT2D eigenvalue weighted by Gasteiger charge is 2.09. The number of thiophene rings is 1. The molecule has 2 heterocycles. The van der Waals surface area contributed by atoms with E-state index in [2.05, 4.69) is 25.9 Å². The van der Waals surface area contributed by atoms with E-state index < -0.39 is 0 Å². The maximum atomic E-state index is 6.17. The second-order valence-electron chi connectivity index (χ2n) is 3.64. The lowest BCUT2D eigenvalue weighted by atomic mass is 10.2. The van der Waals surface area contributed by atoms with Gasteiger partial charge in [-0.25, -0.2) is 9.97 Å². The van der Waals surface area contributed by atoms with Crippen molar-refractivity contribution in [3.8, 4) is 11.4 Å². The molecule has 0 N–H and O–H groups in total. The molecule has 90 valence electrons. The van der Waals surface area contributed by atoms with Gasteiger partial charge in [0.2, 0.25) is 0 Å². The van der Waals surface area contributed by atoms with Gasteiger partial charge in [-0.3, -0.25) is 0 Å². The SMILES string of the molecule is Clc1ccc2nc(-c3csc(Br)c3)nc(Cl)c2c1. The Morgan fingerprint density at radius 1 is 1.11 bits per heavy atom. The Balaban J connectivity index is 2.24. The first kappa shape index (κ1) is 12.4. The summed E-state index contributed by atoms with van der Waals surface area (Å²) >= 11 is 17.1. The predicted molar refractivity (Wildman–Crippen MR) is 80.6 cm³/mol. The molecule has 3 rings (SSSR count). The average Bonchev–Trinajstić information content (AvgIpc) is 2.77. The molecule has 0 aliphatic rings. The van der Waals surface area contributed by atoms with Crippen LogP contribution in [0.15, 0.2) is 33.4 Å². The number of fused-ring (bicyclic) bond motifs is 1. The van der Waals surface area contributed by atoms with Crippen molar-refractivity contribution in [3.63, 3.8) is 0 Å². The normalized spacial score (nSPS) is 11.1. The van der Waals surface area contributed by atoms with Gasteiger partial charge in [0, 0.05) is 21.4 Å². The zero-order valence-electron chi connectivity index (χ0n) is 8.82. The largest absolute Gasteiger partial charge is 0.228 e. The summed E-state index contributed by atoms with van der Waals surface area (Å²) in [7, 11) is 0. The van der Waals surface area contributed by atoms with Gasteiger partial charge in [-0.1, -0.05) is 23.2 Å². The van der Waals surface area contributed by atoms with E-state index in [0.29, 0.717) is 16.0 Å². The molecule has 1 aromatic carbocycles. The molecule has 0 spiro atoms. The lowest BCUT2D eigenvalue weighted by molar-refractivity contribution is 1.23. The summed E-state index contributed by atoms with van der Waals surface area (Å²) in [6.07, 6.45) is 0. The fourth-order valence-electron chi connectivity index (χ4n) is 1.62. The van der Waals surface area contributed by atoms with Crippen LogP contribution in [0.3, 0.4) is 0 Å². The van der Waals surface area contributed by atoms with Crippen molar-refractivity contribution in [1.29, 1.82) is 0 Å². The van der Waals surface area contributed by atoms with Gasteiger partial charge >= 0.3 is 0 Å². The van der Waals surface area contributed by atoms with Gasteiger partial charge in [0.1, 0.15) is 5.15 Å². The van der Waals surface area contributed by atoms with Crippen molar-refractivity contribution in [3.05, 3.63) is 43.6 Å². The van der Waals surface area contributed by atoms with Gasteiger partial charge in [0.15, 0.2) is 5.82 Å². The van der Waals surface area contributed by atoms with E-state index in [9.17, 15) is 0 Å². The fourth-order valence-corrected chi connectivity index (χ4v) is 3.16. The van der Waals surface area contributed by atoms with Crippen molar-refractivity contribution in [1.82, 2.24) is 9.97 Å². The summed E-state index contributed by atoms with van der Waals surface area (Å²) in [6, 6.07) is 7.38. The van der Waals surface area contributed by atoms with E-state index in [1.54, 1.807) is 23.5 Å². The molecule has 18 heavy (non-hydrogen) atoms. The molecule has 3 aromatic rings. The van der Waals surface area contributed by atoms with Crippen LogP contribution in [0.25, 0.3) is 22.3 Å². The Bertz CT molecular complexity index is 742. The van der Waals surface area contributed by atoms with Crippen LogP contribution in [0.1, 0.15) is 0 Å². The zero-order valence-corrected chi connectivity index (χ0v) is 12.7. The van der Waals surface area contributed by atoms with Crippen LogP contribution in [-0.4, -0.2) is 9.97 Å². The fraction of sp³-hybridized carbons (Fsp3) is 0. The summed E-state index contributed by atoms with van der Waals surface area (Å²) in [5, 5.41) is 3.79. The van der Waals surface area contributed by atoms with Gasteiger partial charge in [-0.15, -0.1) is 11.3 Å². The van der Waals surface area contributed by atoms with E-state index in [0.717, 1.165) is 20.3 Å². The van der Waals surface area contributed by atoms with E-state index >= 15 is 0 Å². The molecule has 2 nitrogen and oxygen atoms in total. The number of rotatable bonds is 1. The second-order valence-corrected chi connectivity index (χ2v) is 6.72. The first-order valence-corrected chi connectivity index (χ1v) is 7.43. The van der Waals surface area contributed by atoms with Gasteiger partial charge < -0.3 is 0 Å². The summed E-state index contributed by atoms with van der Waals surface area (Å²) in [4.78, 5) is 8.80. The predicted octanol–water partition coefficient (Wildman–Crippen LogP) is 5.43. The molecule has 0 saturated heterocycles. The lowest BCUT2D eigenvalue weighted by Crippen LogP contribution is -1.90. The third-order valence-corrected chi connectivity index (χ3v) is 4.46. The number of hydrogen-bond acceptors (Lipinski definition) is 3. The van der Waals surface area contributed by atoms with Gasteiger partial charge in [-0.05, 0) is 40.2 Å². The molecule has 0 saturated carbocycles. The van der Waals surface area contributed by atoms with E-state index in [1.165, 1.54) is 0 Å². The van der Waals surface area contributed by atoms with Gasteiger partial charge in [0.05, 0.1) is 9.30 Å². The standard InChI is InChI=1S/C12H5BrCl2N2S/c13-10-3-6(5-18-10)12-16-9-2-1-7(14)4-8(9)11(15)17-12/h1-5H. The van der Waals surface area contributed by atoms with Crippen molar-refractivity contribution < 1.29 is 0 Å². The topological polar surface area (TPSA) is 25.8 Å². The molecule has 0 atom stereocenters. The molecule has 2 aromatic heterocycles. The number of halogens is 3. The molecular weight excluding hydrogens is 355 g/mol. The lowest BCUT2D eigenvalue weighted by Gasteiger charge is -2.03. The van der Waals surface area contributed by atoms with Crippen LogP contribution in [0.4, 0.5) is 0 Å². The highest BCUT2D eigenvalue weighted by atomic mass is 79.9. The molecule has 0 unspecified atom stereocenters. The van der Waals surface area contributed by atoms with Crippen LogP contribution in [0.2, 0.25) is 10.2 Å². The second kappa shape index (κ2) is 4.78. The minimum atomic E-state index is 0.417. The molecule has 0 aliphatic carbocycles. The summed E-state index contributed by atoms with van der Waals surface area (Å²) in [6.45, 7) is 0. The van der Waals surface area contributed by atoms with Crippen LogP contribution in [0, 0.1) is 0 Å².